The molecule has 0 spiro atoms. The Balaban J connectivity index is 3.60. The summed E-state index contributed by atoms with van der Waals surface area (Å²) in [4.78, 5) is 39.2. The lowest BCUT2D eigenvalue weighted by atomic mass is 9.84. The van der Waals surface area contributed by atoms with Crippen LogP contribution in [-0.2, 0) is 29.1 Å². The summed E-state index contributed by atoms with van der Waals surface area (Å²) in [5.74, 6) is -3.34. The van der Waals surface area contributed by atoms with Crippen molar-refractivity contribution in [2.45, 2.75) is 84.4 Å². The second-order valence-electron chi connectivity index (χ2n) is 11.4. The topological polar surface area (TPSA) is 131 Å². The molecule has 0 aliphatic heterocycles. The number of halogens is 2. The van der Waals surface area contributed by atoms with Crippen LogP contribution in [0.25, 0.3) is 0 Å². The van der Waals surface area contributed by atoms with Gasteiger partial charge in [0.15, 0.2) is 0 Å². The molecule has 0 saturated heterocycles. The maximum absolute atomic E-state index is 13.6. The number of hydrogen-bond acceptors (Lipinski definition) is 6. The standard InChI is InChI=1S/C25H39Cl2N3O6S/c1-14(2)10-18(21(31)29-20(22(32)28-9)24(3,4)5)19(23(33)36-25(6,7)8)30-37(34,35)17-12-15(26)11-16(27)13-17/h11-14,18-20,30H,10H2,1-9H3,(H,28,32)(H,29,31)/t18-,19+,20-/m1/s1. The van der Waals surface area contributed by atoms with Crippen molar-refractivity contribution in [3.05, 3.63) is 28.2 Å². The quantitative estimate of drug-likeness (QED) is 0.360. The van der Waals surface area contributed by atoms with Gasteiger partial charge in [-0.1, -0.05) is 57.8 Å². The molecule has 1 aromatic carbocycles. The van der Waals surface area contributed by atoms with Crippen LogP contribution in [0.15, 0.2) is 23.1 Å². The van der Waals surface area contributed by atoms with E-state index < -0.39 is 56.8 Å². The van der Waals surface area contributed by atoms with Crippen molar-refractivity contribution in [3.63, 3.8) is 0 Å². The largest absolute Gasteiger partial charge is 0.459 e. The molecule has 0 aliphatic rings. The summed E-state index contributed by atoms with van der Waals surface area (Å²) >= 11 is 12.0. The highest BCUT2D eigenvalue weighted by atomic mass is 35.5. The molecule has 210 valence electrons. The molecule has 12 heteroatoms. The molecule has 2 amide bonds. The number of nitrogens with one attached hydrogen (secondary N) is 3. The first-order chi connectivity index (χ1) is 16.7. The van der Waals surface area contributed by atoms with Gasteiger partial charge in [-0.05, 0) is 56.7 Å². The van der Waals surface area contributed by atoms with Gasteiger partial charge in [0.1, 0.15) is 17.7 Å². The maximum Gasteiger partial charge on any atom is 0.325 e. The molecule has 0 heterocycles. The molecule has 1 rings (SSSR count). The molecule has 1 aromatic rings. The van der Waals surface area contributed by atoms with Crippen molar-refractivity contribution in [1.29, 1.82) is 0 Å². The second kappa shape index (κ2) is 12.8. The van der Waals surface area contributed by atoms with E-state index in [0.717, 1.165) is 0 Å². The molecule has 0 aromatic heterocycles. The molecule has 9 nitrogen and oxygen atoms in total. The minimum atomic E-state index is -4.38. The summed E-state index contributed by atoms with van der Waals surface area (Å²) in [6.07, 6.45) is 0.124. The van der Waals surface area contributed by atoms with Crippen LogP contribution >= 0.6 is 23.2 Å². The minimum Gasteiger partial charge on any atom is -0.459 e. The summed E-state index contributed by atoms with van der Waals surface area (Å²) < 4.78 is 34.5. The summed E-state index contributed by atoms with van der Waals surface area (Å²) in [6.45, 7) is 13.9. The normalized spacial score (nSPS) is 15.0. The Bertz CT molecular complexity index is 1070. The van der Waals surface area contributed by atoms with Gasteiger partial charge in [0, 0.05) is 17.1 Å². The highest BCUT2D eigenvalue weighted by Crippen LogP contribution is 2.26. The average Bonchev–Trinajstić information content (AvgIpc) is 2.70. The first kappa shape index (κ1) is 33.1. The summed E-state index contributed by atoms with van der Waals surface area (Å²) in [5, 5.41) is 5.41. The van der Waals surface area contributed by atoms with Gasteiger partial charge in [-0.15, -0.1) is 0 Å². The van der Waals surface area contributed by atoms with E-state index in [2.05, 4.69) is 15.4 Å². The number of benzene rings is 1. The van der Waals surface area contributed by atoms with Crippen LogP contribution in [0.4, 0.5) is 0 Å². The molecule has 0 radical (unpaired) electrons. The maximum atomic E-state index is 13.6. The van der Waals surface area contributed by atoms with Crippen molar-refractivity contribution < 1.29 is 27.5 Å². The van der Waals surface area contributed by atoms with Gasteiger partial charge in [0.2, 0.25) is 21.8 Å². The van der Waals surface area contributed by atoms with Gasteiger partial charge in [0.05, 0.1) is 10.8 Å². The molecule has 0 unspecified atom stereocenters. The van der Waals surface area contributed by atoms with Crippen LogP contribution in [0.1, 0.15) is 61.8 Å². The van der Waals surface area contributed by atoms with Crippen molar-refractivity contribution >= 4 is 51.0 Å². The second-order valence-corrected chi connectivity index (χ2v) is 14.0. The van der Waals surface area contributed by atoms with E-state index in [4.69, 9.17) is 27.9 Å². The van der Waals surface area contributed by atoms with Gasteiger partial charge in [-0.3, -0.25) is 14.4 Å². The van der Waals surface area contributed by atoms with Crippen LogP contribution in [0, 0.1) is 17.3 Å². The van der Waals surface area contributed by atoms with E-state index >= 15 is 0 Å². The third-order valence-corrected chi connectivity index (χ3v) is 7.07. The highest BCUT2D eigenvalue weighted by Gasteiger charge is 2.42. The Morgan fingerprint density at radius 1 is 0.946 bits per heavy atom. The predicted molar refractivity (Wildman–Crippen MR) is 145 cm³/mol. The highest BCUT2D eigenvalue weighted by molar-refractivity contribution is 7.89. The lowest BCUT2D eigenvalue weighted by Crippen LogP contribution is -2.58. The minimum absolute atomic E-state index is 0.0803. The van der Waals surface area contributed by atoms with E-state index in [1.54, 1.807) is 41.5 Å². The molecule has 3 N–H and O–H groups in total. The number of amides is 2. The smallest absolute Gasteiger partial charge is 0.325 e. The monoisotopic (exact) mass is 579 g/mol. The molecule has 0 aliphatic carbocycles. The van der Waals surface area contributed by atoms with Gasteiger partial charge in [-0.25, -0.2) is 8.42 Å². The fraction of sp³-hybridized carbons (Fsp3) is 0.640. The van der Waals surface area contributed by atoms with E-state index in [0.29, 0.717) is 0 Å². The van der Waals surface area contributed by atoms with Crippen molar-refractivity contribution in [2.24, 2.45) is 17.3 Å². The zero-order chi connectivity index (χ0) is 28.9. The Morgan fingerprint density at radius 3 is 1.86 bits per heavy atom. The molecular weight excluding hydrogens is 541 g/mol. The zero-order valence-corrected chi connectivity index (χ0v) is 25.2. The number of esters is 1. The van der Waals surface area contributed by atoms with E-state index in [-0.39, 0.29) is 27.3 Å². The summed E-state index contributed by atoms with van der Waals surface area (Å²) in [5.41, 5.74) is -1.63. The molecular formula is C25H39Cl2N3O6S. The lowest BCUT2D eigenvalue weighted by Gasteiger charge is -2.34. The van der Waals surface area contributed by atoms with Crippen molar-refractivity contribution in [1.82, 2.24) is 15.4 Å². The van der Waals surface area contributed by atoms with Crippen molar-refractivity contribution in [2.75, 3.05) is 7.05 Å². The first-order valence-electron chi connectivity index (χ1n) is 11.9. The average molecular weight is 581 g/mol. The molecule has 3 atom stereocenters. The Morgan fingerprint density at radius 2 is 1.46 bits per heavy atom. The number of likely N-dealkylation sites (N-methyl/N-ethyl adjacent to an activating group) is 1. The van der Waals surface area contributed by atoms with Gasteiger partial charge in [-0.2, -0.15) is 4.72 Å². The van der Waals surface area contributed by atoms with Gasteiger partial charge >= 0.3 is 5.97 Å². The lowest BCUT2D eigenvalue weighted by molar-refractivity contribution is -0.160. The molecule has 0 fully saturated rings. The Labute approximate surface area is 230 Å². The Kier molecular flexibility index (Phi) is 11.4. The predicted octanol–water partition coefficient (Wildman–Crippen LogP) is 3.92. The number of carbonyl (C=O) groups excluding carboxylic acids is 3. The van der Waals surface area contributed by atoms with E-state index in [9.17, 15) is 22.8 Å². The van der Waals surface area contributed by atoms with Gasteiger partial charge in [0.25, 0.3) is 0 Å². The summed E-state index contributed by atoms with van der Waals surface area (Å²) in [7, 11) is -2.93. The Hall–Kier alpha value is -1.88. The fourth-order valence-corrected chi connectivity index (χ4v) is 5.50. The number of sulfonamides is 1. The van der Waals surface area contributed by atoms with E-state index in [1.165, 1.54) is 25.2 Å². The molecule has 37 heavy (non-hydrogen) atoms. The van der Waals surface area contributed by atoms with Crippen LogP contribution in [0.5, 0.6) is 0 Å². The zero-order valence-electron chi connectivity index (χ0n) is 22.9. The fourth-order valence-electron chi connectivity index (χ4n) is 3.55. The number of ether oxygens (including phenoxy) is 1. The molecule has 0 bridgehead atoms. The SMILES string of the molecule is CNC(=O)[C@@H](NC(=O)[C@H](CC(C)C)[C@H](NS(=O)(=O)c1cc(Cl)cc(Cl)c1)C(=O)OC(C)(C)C)C(C)(C)C. The van der Waals surface area contributed by atoms with E-state index in [1.807, 2.05) is 13.8 Å². The van der Waals surface area contributed by atoms with Crippen LogP contribution in [0.2, 0.25) is 10.0 Å². The number of hydrogen-bond donors (Lipinski definition) is 3. The number of rotatable bonds is 10. The van der Waals surface area contributed by atoms with Crippen LogP contribution in [-0.4, -0.2) is 50.9 Å². The van der Waals surface area contributed by atoms with Crippen molar-refractivity contribution in [3.8, 4) is 0 Å². The first-order valence-corrected chi connectivity index (χ1v) is 14.1. The van der Waals surface area contributed by atoms with Gasteiger partial charge < -0.3 is 15.4 Å². The van der Waals surface area contributed by atoms with Crippen LogP contribution < -0.4 is 15.4 Å². The third kappa shape index (κ3) is 10.4. The number of carbonyl (C=O) groups is 3. The third-order valence-electron chi connectivity index (χ3n) is 5.21. The summed E-state index contributed by atoms with van der Waals surface area (Å²) in [6, 6.07) is 1.19. The van der Waals surface area contributed by atoms with Crippen LogP contribution in [0.3, 0.4) is 0 Å². The molecule has 0 saturated carbocycles.